The van der Waals surface area contributed by atoms with Crippen LogP contribution in [0.3, 0.4) is 0 Å². The second-order valence-corrected chi connectivity index (χ2v) is 9.36. The van der Waals surface area contributed by atoms with E-state index in [-0.39, 0.29) is 17.7 Å². The molecule has 8 heteroatoms. The van der Waals surface area contributed by atoms with Gasteiger partial charge in [-0.1, -0.05) is 30.9 Å². The largest absolute Gasteiger partial charge is 0.355 e. The summed E-state index contributed by atoms with van der Waals surface area (Å²) in [6, 6.07) is 5.63. The maximum atomic E-state index is 12.7. The molecule has 35 heavy (non-hydrogen) atoms. The molecule has 4 rings (SSSR count). The maximum absolute atomic E-state index is 12.7. The van der Waals surface area contributed by atoms with Crippen molar-refractivity contribution in [2.75, 3.05) is 50.7 Å². The minimum absolute atomic E-state index is 0.104. The summed E-state index contributed by atoms with van der Waals surface area (Å²) >= 11 is 0. The van der Waals surface area contributed by atoms with Gasteiger partial charge in [-0.3, -0.25) is 19.3 Å². The van der Waals surface area contributed by atoms with E-state index in [0.29, 0.717) is 29.3 Å². The minimum atomic E-state index is -0.257. The predicted molar refractivity (Wildman–Crippen MR) is 136 cm³/mol. The van der Waals surface area contributed by atoms with E-state index in [0.717, 1.165) is 57.9 Å². The monoisotopic (exact) mass is 477 g/mol. The van der Waals surface area contributed by atoms with Crippen LogP contribution in [0.4, 0.5) is 5.82 Å². The molecule has 8 nitrogen and oxygen atoms in total. The van der Waals surface area contributed by atoms with Gasteiger partial charge in [-0.25, -0.2) is 4.98 Å². The van der Waals surface area contributed by atoms with E-state index in [2.05, 4.69) is 26.7 Å². The molecule has 2 fully saturated rings. The number of hydrogen-bond acceptors (Lipinski definition) is 6. The normalized spacial score (nSPS) is 19.6. The smallest absolute Gasteiger partial charge is 0.269 e. The Kier molecular flexibility index (Phi) is 8.13. The highest BCUT2D eigenvalue weighted by Gasteiger charge is 2.35. The average Bonchev–Trinajstić information content (AvgIpc) is 3.69. The molecular weight excluding hydrogens is 442 g/mol. The number of nitrogens with zero attached hydrogens (tertiary/aromatic N) is 4. The van der Waals surface area contributed by atoms with E-state index in [9.17, 15) is 14.4 Å². The summed E-state index contributed by atoms with van der Waals surface area (Å²) in [5.74, 6) is 0.868. The number of aromatic nitrogens is 1. The van der Waals surface area contributed by atoms with Crippen LogP contribution in [0.5, 0.6) is 0 Å². The quantitative estimate of drug-likeness (QED) is 0.522. The minimum Gasteiger partial charge on any atom is -0.355 e. The zero-order valence-electron chi connectivity index (χ0n) is 20.5. The number of carbonyl (C=O) groups excluding carboxylic acids is 3. The summed E-state index contributed by atoms with van der Waals surface area (Å²) in [6.07, 6.45) is 9.02. The Bertz CT molecular complexity index is 1040. The number of anilines is 1. The van der Waals surface area contributed by atoms with Gasteiger partial charge in [0, 0.05) is 32.7 Å². The number of rotatable bonds is 10. The molecule has 1 aliphatic carbocycles. The molecule has 3 amide bonds. The SMILES string of the molecule is C=CC1=C(C=CC)C(=O)N(CCCN2CCCN(c3cccc(C(=O)NCC4CC4)n3)CC2)C1=O. The summed E-state index contributed by atoms with van der Waals surface area (Å²) in [5, 5.41) is 2.99. The van der Waals surface area contributed by atoms with Crippen molar-refractivity contribution in [3.05, 3.63) is 59.8 Å². The molecule has 1 saturated carbocycles. The molecular formula is C27H35N5O3. The molecule has 1 aromatic heterocycles. The van der Waals surface area contributed by atoms with Crippen LogP contribution in [0.25, 0.3) is 0 Å². The molecule has 186 valence electrons. The zero-order chi connectivity index (χ0) is 24.8. The first-order valence-corrected chi connectivity index (χ1v) is 12.6. The van der Waals surface area contributed by atoms with Gasteiger partial charge in [0.15, 0.2) is 0 Å². The van der Waals surface area contributed by atoms with Crippen LogP contribution >= 0.6 is 0 Å². The van der Waals surface area contributed by atoms with Crippen molar-refractivity contribution in [2.45, 2.75) is 32.6 Å². The van der Waals surface area contributed by atoms with Crippen LogP contribution in [0.1, 0.15) is 43.1 Å². The molecule has 0 atom stereocenters. The van der Waals surface area contributed by atoms with Gasteiger partial charge in [-0.2, -0.15) is 0 Å². The van der Waals surface area contributed by atoms with Crippen molar-refractivity contribution in [1.29, 1.82) is 0 Å². The van der Waals surface area contributed by atoms with Crippen molar-refractivity contribution in [1.82, 2.24) is 20.1 Å². The highest BCUT2D eigenvalue weighted by Crippen LogP contribution is 2.27. The first kappa shape index (κ1) is 24.9. The van der Waals surface area contributed by atoms with E-state index in [4.69, 9.17) is 0 Å². The van der Waals surface area contributed by atoms with Gasteiger partial charge in [0.25, 0.3) is 17.7 Å². The van der Waals surface area contributed by atoms with Crippen LogP contribution in [0, 0.1) is 5.92 Å². The topological polar surface area (TPSA) is 85.8 Å². The lowest BCUT2D eigenvalue weighted by Crippen LogP contribution is -2.36. The van der Waals surface area contributed by atoms with Crippen molar-refractivity contribution >= 4 is 23.5 Å². The fraction of sp³-hybridized carbons (Fsp3) is 0.481. The van der Waals surface area contributed by atoms with E-state index < -0.39 is 0 Å². The van der Waals surface area contributed by atoms with Gasteiger partial charge in [-0.15, -0.1) is 0 Å². The van der Waals surface area contributed by atoms with Gasteiger partial charge in [0.05, 0.1) is 11.1 Å². The lowest BCUT2D eigenvalue weighted by molar-refractivity contribution is -0.137. The van der Waals surface area contributed by atoms with E-state index in [1.807, 2.05) is 19.1 Å². The zero-order valence-corrected chi connectivity index (χ0v) is 20.5. The highest BCUT2D eigenvalue weighted by molar-refractivity contribution is 6.21. The second-order valence-electron chi connectivity index (χ2n) is 9.36. The van der Waals surface area contributed by atoms with Crippen molar-refractivity contribution < 1.29 is 14.4 Å². The standard InChI is InChI=1S/C27H35N5O3/c1-3-8-22-21(4-2)26(34)32(27(22)35)16-7-14-30-13-6-15-31(18-17-30)24-10-5-9-23(29-24)25(33)28-19-20-11-12-20/h3-5,8-10,20H,2,6-7,11-19H2,1H3,(H,28,33). The van der Waals surface area contributed by atoms with Crippen LogP contribution in [0.15, 0.2) is 54.2 Å². The average molecular weight is 478 g/mol. The number of carbonyl (C=O) groups is 3. The Morgan fingerprint density at radius 1 is 1.11 bits per heavy atom. The van der Waals surface area contributed by atoms with Gasteiger partial charge < -0.3 is 15.1 Å². The molecule has 0 spiro atoms. The van der Waals surface area contributed by atoms with Gasteiger partial charge in [0.1, 0.15) is 11.5 Å². The number of nitrogens with one attached hydrogen (secondary N) is 1. The highest BCUT2D eigenvalue weighted by atomic mass is 16.2. The summed E-state index contributed by atoms with van der Waals surface area (Å²) in [6.45, 7) is 11.0. The van der Waals surface area contributed by atoms with Crippen LogP contribution in [-0.2, 0) is 9.59 Å². The second kappa shape index (κ2) is 11.4. The number of pyridine rings is 1. The number of hydrogen-bond donors (Lipinski definition) is 1. The summed E-state index contributed by atoms with van der Waals surface area (Å²) in [4.78, 5) is 48.3. The third-order valence-electron chi connectivity index (χ3n) is 6.76. The first-order chi connectivity index (χ1) is 17.0. The lowest BCUT2D eigenvalue weighted by Gasteiger charge is -2.23. The van der Waals surface area contributed by atoms with Crippen molar-refractivity contribution in [3.63, 3.8) is 0 Å². The van der Waals surface area contributed by atoms with Gasteiger partial charge >= 0.3 is 0 Å². The van der Waals surface area contributed by atoms with Crippen LogP contribution < -0.4 is 10.2 Å². The number of amides is 3. The lowest BCUT2D eigenvalue weighted by atomic mass is 10.1. The Hall–Kier alpha value is -3.26. The third kappa shape index (κ3) is 6.06. The molecule has 0 radical (unpaired) electrons. The summed E-state index contributed by atoms with van der Waals surface area (Å²) < 4.78 is 0. The molecule has 2 aliphatic heterocycles. The third-order valence-corrected chi connectivity index (χ3v) is 6.76. The van der Waals surface area contributed by atoms with E-state index in [1.54, 1.807) is 18.2 Å². The Morgan fingerprint density at radius 3 is 2.66 bits per heavy atom. The molecule has 1 aromatic rings. The fourth-order valence-corrected chi connectivity index (χ4v) is 4.59. The van der Waals surface area contributed by atoms with Crippen molar-refractivity contribution in [2.24, 2.45) is 5.92 Å². The number of imide groups is 1. The number of allylic oxidation sites excluding steroid dienone is 1. The van der Waals surface area contributed by atoms with Crippen molar-refractivity contribution in [3.8, 4) is 0 Å². The Morgan fingerprint density at radius 2 is 1.91 bits per heavy atom. The van der Waals surface area contributed by atoms with E-state index in [1.165, 1.54) is 23.8 Å². The molecule has 3 heterocycles. The van der Waals surface area contributed by atoms with Crippen LogP contribution in [0.2, 0.25) is 0 Å². The molecule has 1 N–H and O–H groups in total. The molecule has 0 bridgehead atoms. The summed E-state index contributed by atoms with van der Waals surface area (Å²) in [7, 11) is 0. The first-order valence-electron chi connectivity index (χ1n) is 12.6. The Balaban J connectivity index is 1.26. The molecule has 3 aliphatic rings. The van der Waals surface area contributed by atoms with Crippen LogP contribution in [-0.4, -0.2) is 78.3 Å². The molecule has 0 unspecified atom stereocenters. The Labute approximate surface area is 207 Å². The fourth-order valence-electron chi connectivity index (χ4n) is 4.59. The molecule has 0 aromatic carbocycles. The predicted octanol–water partition coefficient (Wildman–Crippen LogP) is 2.55. The van der Waals surface area contributed by atoms with Gasteiger partial charge in [0.2, 0.25) is 0 Å². The summed E-state index contributed by atoms with van der Waals surface area (Å²) in [5.41, 5.74) is 1.28. The molecule has 1 saturated heterocycles. The van der Waals surface area contributed by atoms with E-state index >= 15 is 0 Å². The maximum Gasteiger partial charge on any atom is 0.269 e. The van der Waals surface area contributed by atoms with Gasteiger partial charge in [-0.05, 0) is 63.7 Å².